The quantitative estimate of drug-likeness (QED) is 0.439. The number of benzene rings is 2. The van der Waals surface area contributed by atoms with Crippen LogP contribution in [0.3, 0.4) is 0 Å². The molecule has 0 aliphatic rings. The molecule has 0 fully saturated rings. The van der Waals surface area contributed by atoms with E-state index in [1.165, 1.54) is 35.2 Å². The van der Waals surface area contributed by atoms with Crippen molar-refractivity contribution in [2.24, 2.45) is 0 Å². The third-order valence-corrected chi connectivity index (χ3v) is 7.30. The summed E-state index contributed by atoms with van der Waals surface area (Å²) in [5.74, 6) is -0.286. The molecule has 13 heteroatoms. The third kappa shape index (κ3) is 5.23. The Bertz CT molecular complexity index is 1300. The predicted octanol–water partition coefficient (Wildman–Crippen LogP) is 3.51. The summed E-state index contributed by atoms with van der Waals surface area (Å²) in [5, 5.41) is 0.586. The Balaban J connectivity index is 2.15. The molecule has 2 aromatic carbocycles. The number of rotatable bonds is 6. The fraction of sp³-hybridized carbons (Fsp3) is 0.167. The second kappa shape index (κ2) is 8.46. The van der Waals surface area contributed by atoms with Gasteiger partial charge in [-0.1, -0.05) is 23.2 Å². The van der Waals surface area contributed by atoms with Gasteiger partial charge in [0, 0.05) is 35.0 Å². The predicted molar refractivity (Wildman–Crippen MR) is 119 cm³/mol. The lowest BCUT2D eigenvalue weighted by Gasteiger charge is -2.25. The largest absolute Gasteiger partial charge is 0.351 e. The van der Waals surface area contributed by atoms with E-state index in [1.807, 2.05) is 0 Å². The van der Waals surface area contributed by atoms with Crippen molar-refractivity contribution in [2.45, 2.75) is 4.90 Å². The lowest BCUT2D eigenvalue weighted by atomic mass is 10.2. The highest BCUT2D eigenvalue weighted by Gasteiger charge is 2.32. The van der Waals surface area contributed by atoms with Crippen molar-refractivity contribution >= 4 is 63.3 Å². The number of nitrogens with one attached hydrogen (secondary N) is 1. The van der Waals surface area contributed by atoms with Crippen LogP contribution in [0.5, 0.6) is 0 Å². The summed E-state index contributed by atoms with van der Waals surface area (Å²) in [6.07, 6.45) is -1.10. The van der Waals surface area contributed by atoms with Crippen molar-refractivity contribution < 1.29 is 27.6 Å². The highest BCUT2D eigenvalue weighted by molar-refractivity contribution is 7.93. The molecule has 1 amide bonds. The molecule has 3 N–H and O–H groups in total. The summed E-state index contributed by atoms with van der Waals surface area (Å²) in [6.45, 7) is 0. The number of halogens is 2. The van der Waals surface area contributed by atoms with Crippen LogP contribution in [-0.2, 0) is 14.6 Å². The van der Waals surface area contributed by atoms with Gasteiger partial charge in [-0.3, -0.25) is 13.7 Å². The number of anilines is 1. The number of carbonyl (C=O) groups is 1. The molecule has 0 saturated heterocycles. The van der Waals surface area contributed by atoms with Crippen LogP contribution in [0.25, 0.3) is 10.9 Å². The van der Waals surface area contributed by atoms with Crippen molar-refractivity contribution in [3.63, 3.8) is 0 Å². The number of fused-ring (bicyclic) bond motifs is 1. The molecule has 0 bridgehead atoms. The number of nitrogens with zero attached hydrogens (tertiary/aromatic N) is 2. The normalized spacial score (nSPS) is 12.2. The van der Waals surface area contributed by atoms with E-state index in [0.717, 1.165) is 12.1 Å². The van der Waals surface area contributed by atoms with Gasteiger partial charge in [0.25, 0.3) is 15.9 Å². The molecule has 9 nitrogen and oxygen atoms in total. The summed E-state index contributed by atoms with van der Waals surface area (Å²) >= 11 is 11.8. The van der Waals surface area contributed by atoms with Crippen LogP contribution < -0.4 is 4.31 Å². The SMILES string of the molecule is CN(C)C(=O)c1cc2cc(N(CP(=O)(O)O)S(=O)(=O)c3cc(Cl)cc(Cl)c3)ccc2[nH]1. The standard InChI is InChI=1S/C18H18Cl2N3O6PS/c1-22(2)18(24)17-6-11-5-14(3-4-16(11)21-17)23(10-30(25,26)27)31(28,29)15-8-12(19)7-13(20)9-15/h3-9,21H,10H2,1-2H3,(H2,25,26,27). The van der Waals surface area contributed by atoms with Crippen molar-refractivity contribution in [3.05, 3.63) is 58.2 Å². The van der Waals surface area contributed by atoms with Gasteiger partial charge in [0.15, 0.2) is 0 Å². The molecule has 3 rings (SSSR count). The van der Waals surface area contributed by atoms with E-state index in [1.54, 1.807) is 14.1 Å². The molecule has 31 heavy (non-hydrogen) atoms. The summed E-state index contributed by atoms with van der Waals surface area (Å²) < 4.78 is 38.8. The average Bonchev–Trinajstić information content (AvgIpc) is 3.07. The fourth-order valence-electron chi connectivity index (χ4n) is 2.90. The minimum atomic E-state index is -4.80. The molecule has 1 heterocycles. The Kier molecular flexibility index (Phi) is 6.44. The first kappa shape index (κ1) is 23.6. The average molecular weight is 506 g/mol. The molecule has 3 aromatic rings. The minimum Gasteiger partial charge on any atom is -0.351 e. The maximum absolute atomic E-state index is 13.3. The lowest BCUT2D eigenvalue weighted by molar-refractivity contribution is 0.0823. The molecule has 0 spiro atoms. The highest BCUT2D eigenvalue weighted by atomic mass is 35.5. The number of aromatic nitrogens is 1. The van der Waals surface area contributed by atoms with E-state index in [4.69, 9.17) is 23.2 Å². The number of amides is 1. The lowest BCUT2D eigenvalue weighted by Crippen LogP contribution is -2.32. The number of hydrogen-bond acceptors (Lipinski definition) is 4. The van der Waals surface area contributed by atoms with Gasteiger partial charge in [-0.25, -0.2) is 8.42 Å². The van der Waals surface area contributed by atoms with Gasteiger partial charge in [0.2, 0.25) is 0 Å². The molecule has 0 saturated carbocycles. The van der Waals surface area contributed by atoms with Crippen molar-refractivity contribution in [1.82, 2.24) is 9.88 Å². The Morgan fingerprint density at radius 3 is 2.23 bits per heavy atom. The van der Waals surface area contributed by atoms with Crippen molar-refractivity contribution in [1.29, 1.82) is 0 Å². The zero-order valence-electron chi connectivity index (χ0n) is 16.3. The van der Waals surface area contributed by atoms with E-state index in [2.05, 4.69) is 4.98 Å². The van der Waals surface area contributed by atoms with Crippen LogP contribution in [0.15, 0.2) is 47.4 Å². The minimum absolute atomic E-state index is 0.00484. The van der Waals surface area contributed by atoms with Gasteiger partial charge in [0.05, 0.1) is 10.6 Å². The summed E-state index contributed by atoms with van der Waals surface area (Å²) in [6, 6.07) is 9.45. The van der Waals surface area contributed by atoms with E-state index in [9.17, 15) is 27.6 Å². The molecular formula is C18H18Cl2N3O6PS. The Morgan fingerprint density at radius 2 is 1.68 bits per heavy atom. The first-order chi connectivity index (χ1) is 14.3. The van der Waals surface area contributed by atoms with Crippen LogP contribution in [0.2, 0.25) is 10.0 Å². The molecule has 0 aliphatic carbocycles. The molecule has 0 atom stereocenters. The molecule has 0 radical (unpaired) electrons. The smallest absolute Gasteiger partial charge is 0.345 e. The second-order valence-corrected chi connectivity index (χ2v) is 11.3. The van der Waals surface area contributed by atoms with Gasteiger partial charge < -0.3 is 19.7 Å². The molecule has 166 valence electrons. The van der Waals surface area contributed by atoms with Crippen LogP contribution in [-0.4, -0.2) is 54.4 Å². The molecule has 1 aromatic heterocycles. The van der Waals surface area contributed by atoms with Gasteiger partial charge in [-0.15, -0.1) is 0 Å². The summed E-state index contributed by atoms with van der Waals surface area (Å²) in [5.41, 5.74) is 0.825. The maximum Gasteiger partial charge on any atom is 0.345 e. The molecule has 0 aliphatic heterocycles. The monoisotopic (exact) mass is 505 g/mol. The van der Waals surface area contributed by atoms with Gasteiger partial charge >= 0.3 is 7.60 Å². The number of hydrogen-bond donors (Lipinski definition) is 3. The fourth-order valence-corrected chi connectivity index (χ4v) is 6.31. The van der Waals surface area contributed by atoms with Crippen LogP contribution >= 0.6 is 30.8 Å². The third-order valence-electron chi connectivity index (χ3n) is 4.27. The van der Waals surface area contributed by atoms with Gasteiger partial charge in [-0.2, -0.15) is 0 Å². The summed E-state index contributed by atoms with van der Waals surface area (Å²) in [4.78, 5) is 35.2. The molecular weight excluding hydrogens is 488 g/mol. The van der Waals surface area contributed by atoms with E-state index in [-0.39, 0.29) is 32.2 Å². The molecule has 0 unspecified atom stereocenters. The maximum atomic E-state index is 13.3. The Hall–Kier alpha value is -2.07. The van der Waals surface area contributed by atoms with E-state index >= 15 is 0 Å². The topological polar surface area (TPSA) is 131 Å². The highest BCUT2D eigenvalue weighted by Crippen LogP contribution is 2.40. The Morgan fingerprint density at radius 1 is 1.06 bits per heavy atom. The van der Waals surface area contributed by atoms with Crippen LogP contribution in [0.1, 0.15) is 10.5 Å². The number of H-pyrrole nitrogens is 1. The summed E-state index contributed by atoms with van der Waals surface area (Å²) in [7, 11) is -6.06. The number of aromatic amines is 1. The van der Waals surface area contributed by atoms with Crippen LogP contribution in [0, 0.1) is 0 Å². The zero-order valence-corrected chi connectivity index (χ0v) is 19.5. The number of carbonyl (C=O) groups excluding carboxylic acids is 1. The van der Waals surface area contributed by atoms with E-state index in [0.29, 0.717) is 15.2 Å². The van der Waals surface area contributed by atoms with Gasteiger partial charge in [0.1, 0.15) is 12.0 Å². The van der Waals surface area contributed by atoms with Gasteiger partial charge in [-0.05, 0) is 42.5 Å². The Labute approximate surface area is 188 Å². The second-order valence-electron chi connectivity index (χ2n) is 6.92. The zero-order chi connectivity index (χ0) is 23.1. The van der Waals surface area contributed by atoms with Crippen molar-refractivity contribution in [2.75, 3.05) is 24.7 Å². The van der Waals surface area contributed by atoms with Crippen molar-refractivity contribution in [3.8, 4) is 0 Å². The first-order valence-corrected chi connectivity index (χ1v) is 12.6. The van der Waals surface area contributed by atoms with Crippen LogP contribution in [0.4, 0.5) is 5.69 Å². The van der Waals surface area contributed by atoms with E-state index < -0.39 is 23.9 Å². The first-order valence-electron chi connectivity index (χ1n) is 8.66. The number of sulfonamides is 1.